The molecule has 0 spiro atoms. The van der Waals surface area contributed by atoms with Gasteiger partial charge in [-0.1, -0.05) is 12.8 Å². The zero-order valence-electron chi connectivity index (χ0n) is 9.89. The monoisotopic (exact) mass is 220 g/mol. The van der Waals surface area contributed by atoms with Crippen LogP contribution in [0.25, 0.3) is 0 Å². The molecule has 2 rings (SSSR count). The van der Waals surface area contributed by atoms with Gasteiger partial charge in [-0.25, -0.2) is 9.97 Å². The van der Waals surface area contributed by atoms with Gasteiger partial charge in [-0.05, 0) is 19.8 Å². The number of rotatable bonds is 4. The van der Waals surface area contributed by atoms with Crippen LogP contribution in [0.4, 0.5) is 5.69 Å². The second-order valence-electron chi connectivity index (χ2n) is 4.41. The Kier molecular flexibility index (Phi) is 3.72. The average Bonchev–Trinajstić information content (AvgIpc) is 2.81. The first-order chi connectivity index (χ1) is 7.81. The molecule has 88 valence electrons. The normalized spacial score (nSPS) is 16.6. The van der Waals surface area contributed by atoms with Crippen LogP contribution >= 0.6 is 0 Å². The van der Waals surface area contributed by atoms with E-state index in [1.54, 1.807) is 0 Å². The Labute approximate surface area is 96.9 Å². The summed E-state index contributed by atoms with van der Waals surface area (Å²) in [5, 5.41) is 0. The van der Waals surface area contributed by atoms with Crippen LogP contribution in [-0.4, -0.2) is 29.1 Å². The van der Waals surface area contributed by atoms with Gasteiger partial charge in [0.15, 0.2) is 0 Å². The Hall–Kier alpha value is -1.16. The average molecular weight is 220 g/mol. The summed E-state index contributed by atoms with van der Waals surface area (Å²) in [4.78, 5) is 10.9. The van der Waals surface area contributed by atoms with Crippen LogP contribution in [0, 0.1) is 6.92 Å². The predicted octanol–water partition coefficient (Wildman–Crippen LogP) is 1.49. The van der Waals surface area contributed by atoms with Gasteiger partial charge in [0, 0.05) is 19.1 Å². The van der Waals surface area contributed by atoms with Crippen LogP contribution in [-0.2, 0) is 0 Å². The van der Waals surface area contributed by atoms with Gasteiger partial charge in [-0.3, -0.25) is 0 Å². The molecule has 0 unspecified atom stereocenters. The maximum Gasteiger partial charge on any atom is 0.125 e. The Bertz CT molecular complexity index is 316. The summed E-state index contributed by atoms with van der Waals surface area (Å²) in [5.41, 5.74) is 6.80. The van der Waals surface area contributed by atoms with Crippen LogP contribution in [0.15, 0.2) is 12.4 Å². The highest BCUT2D eigenvalue weighted by Gasteiger charge is 2.22. The minimum Gasteiger partial charge on any atom is -0.365 e. The lowest BCUT2D eigenvalue weighted by Crippen LogP contribution is -2.37. The van der Waals surface area contributed by atoms with E-state index >= 15 is 0 Å². The first-order valence-electron chi connectivity index (χ1n) is 6.06. The maximum atomic E-state index is 5.68. The topological polar surface area (TPSA) is 55.0 Å². The summed E-state index contributed by atoms with van der Waals surface area (Å²) in [7, 11) is 0. The number of aryl methyl sites for hydroxylation is 1. The molecule has 0 atom stereocenters. The lowest BCUT2D eigenvalue weighted by Gasteiger charge is -2.30. The SMILES string of the molecule is Cc1ncc(N(CCN)C2CCCC2)cn1. The standard InChI is InChI=1S/C12H20N4/c1-10-14-8-12(9-15-10)16(7-6-13)11-4-2-3-5-11/h8-9,11H,2-7,13H2,1H3. The Morgan fingerprint density at radius 3 is 2.50 bits per heavy atom. The van der Waals surface area contributed by atoms with E-state index in [9.17, 15) is 0 Å². The van der Waals surface area contributed by atoms with Crippen LogP contribution < -0.4 is 10.6 Å². The van der Waals surface area contributed by atoms with Crippen LogP contribution in [0.2, 0.25) is 0 Å². The fourth-order valence-corrected chi connectivity index (χ4v) is 2.41. The minimum atomic E-state index is 0.634. The Morgan fingerprint density at radius 1 is 1.31 bits per heavy atom. The molecule has 1 heterocycles. The Morgan fingerprint density at radius 2 is 1.94 bits per heavy atom. The van der Waals surface area contributed by atoms with Crippen molar-refractivity contribution in [2.24, 2.45) is 5.73 Å². The molecule has 0 aliphatic heterocycles. The van der Waals surface area contributed by atoms with Gasteiger partial charge in [0.25, 0.3) is 0 Å². The highest BCUT2D eigenvalue weighted by Crippen LogP contribution is 2.27. The second kappa shape index (κ2) is 5.25. The molecule has 0 aromatic carbocycles. The molecule has 1 aliphatic rings. The highest BCUT2D eigenvalue weighted by molar-refractivity contribution is 5.43. The fourth-order valence-electron chi connectivity index (χ4n) is 2.41. The van der Waals surface area contributed by atoms with E-state index in [0.717, 1.165) is 18.1 Å². The smallest absolute Gasteiger partial charge is 0.125 e. The number of hydrogen-bond donors (Lipinski definition) is 1. The molecule has 0 amide bonds. The van der Waals surface area contributed by atoms with Gasteiger partial charge in [-0.2, -0.15) is 0 Å². The van der Waals surface area contributed by atoms with Crippen molar-refractivity contribution in [1.29, 1.82) is 0 Å². The molecule has 1 saturated carbocycles. The van der Waals surface area contributed by atoms with Crippen molar-refractivity contribution in [2.45, 2.75) is 38.6 Å². The summed E-state index contributed by atoms with van der Waals surface area (Å²) < 4.78 is 0. The summed E-state index contributed by atoms with van der Waals surface area (Å²) >= 11 is 0. The van der Waals surface area contributed by atoms with E-state index in [1.807, 2.05) is 19.3 Å². The third-order valence-corrected chi connectivity index (χ3v) is 3.23. The number of aromatic nitrogens is 2. The van der Waals surface area contributed by atoms with Crippen LogP contribution in [0.5, 0.6) is 0 Å². The van der Waals surface area contributed by atoms with Crippen molar-refractivity contribution in [3.05, 3.63) is 18.2 Å². The van der Waals surface area contributed by atoms with Gasteiger partial charge in [0.05, 0.1) is 18.1 Å². The number of anilines is 1. The molecule has 1 aliphatic carbocycles. The molecule has 1 aromatic heterocycles. The highest BCUT2D eigenvalue weighted by atomic mass is 15.2. The van der Waals surface area contributed by atoms with Gasteiger partial charge in [0.2, 0.25) is 0 Å². The first kappa shape index (κ1) is 11.3. The van der Waals surface area contributed by atoms with Crippen molar-refractivity contribution < 1.29 is 0 Å². The quantitative estimate of drug-likeness (QED) is 0.835. The van der Waals surface area contributed by atoms with E-state index in [-0.39, 0.29) is 0 Å². The molecule has 0 bridgehead atoms. The van der Waals surface area contributed by atoms with Crippen LogP contribution in [0.1, 0.15) is 31.5 Å². The van der Waals surface area contributed by atoms with Gasteiger partial charge in [-0.15, -0.1) is 0 Å². The van der Waals surface area contributed by atoms with E-state index in [4.69, 9.17) is 5.73 Å². The number of nitrogens with zero attached hydrogens (tertiary/aromatic N) is 3. The van der Waals surface area contributed by atoms with Gasteiger partial charge < -0.3 is 10.6 Å². The van der Waals surface area contributed by atoms with Crippen LogP contribution in [0.3, 0.4) is 0 Å². The molecule has 4 heteroatoms. The Balaban J connectivity index is 2.14. The molecular weight excluding hydrogens is 200 g/mol. The maximum absolute atomic E-state index is 5.68. The molecule has 16 heavy (non-hydrogen) atoms. The van der Waals surface area contributed by atoms with Crippen molar-refractivity contribution >= 4 is 5.69 Å². The van der Waals surface area contributed by atoms with Crippen molar-refractivity contribution in [1.82, 2.24) is 9.97 Å². The summed E-state index contributed by atoms with van der Waals surface area (Å²) in [6.45, 7) is 3.49. The molecule has 1 aromatic rings. The third kappa shape index (κ3) is 2.50. The van der Waals surface area contributed by atoms with Gasteiger partial charge >= 0.3 is 0 Å². The number of nitrogens with two attached hydrogens (primary N) is 1. The lowest BCUT2D eigenvalue weighted by atomic mass is 10.2. The van der Waals surface area contributed by atoms with Crippen molar-refractivity contribution in [2.75, 3.05) is 18.0 Å². The molecular formula is C12H20N4. The molecule has 0 radical (unpaired) electrons. The van der Waals surface area contributed by atoms with Crippen molar-refractivity contribution in [3.8, 4) is 0 Å². The van der Waals surface area contributed by atoms with E-state index in [0.29, 0.717) is 12.6 Å². The van der Waals surface area contributed by atoms with E-state index < -0.39 is 0 Å². The zero-order valence-corrected chi connectivity index (χ0v) is 9.89. The number of hydrogen-bond acceptors (Lipinski definition) is 4. The third-order valence-electron chi connectivity index (χ3n) is 3.23. The summed E-state index contributed by atoms with van der Waals surface area (Å²) in [5.74, 6) is 0.822. The predicted molar refractivity (Wildman–Crippen MR) is 65.4 cm³/mol. The van der Waals surface area contributed by atoms with Gasteiger partial charge in [0.1, 0.15) is 5.82 Å². The summed E-state index contributed by atoms with van der Waals surface area (Å²) in [6.07, 6.45) is 9.03. The van der Waals surface area contributed by atoms with E-state index in [1.165, 1.54) is 25.7 Å². The first-order valence-corrected chi connectivity index (χ1v) is 6.06. The van der Waals surface area contributed by atoms with Crippen molar-refractivity contribution in [3.63, 3.8) is 0 Å². The summed E-state index contributed by atoms with van der Waals surface area (Å²) in [6, 6.07) is 0.634. The molecule has 2 N–H and O–H groups in total. The molecule has 0 saturated heterocycles. The fraction of sp³-hybridized carbons (Fsp3) is 0.667. The zero-order chi connectivity index (χ0) is 11.4. The molecule has 4 nitrogen and oxygen atoms in total. The largest absolute Gasteiger partial charge is 0.365 e. The lowest BCUT2D eigenvalue weighted by molar-refractivity contribution is 0.606. The minimum absolute atomic E-state index is 0.634. The van der Waals surface area contributed by atoms with E-state index in [2.05, 4.69) is 14.9 Å². The molecule has 1 fully saturated rings. The second-order valence-corrected chi connectivity index (χ2v) is 4.41.